The van der Waals surface area contributed by atoms with Crippen molar-refractivity contribution >= 4 is 17.4 Å². The fourth-order valence-electron chi connectivity index (χ4n) is 4.11. The molecule has 0 radical (unpaired) electrons. The zero-order valence-corrected chi connectivity index (χ0v) is 20.0. The summed E-state index contributed by atoms with van der Waals surface area (Å²) in [6.07, 6.45) is 6.28. The molecule has 4 rings (SSSR count). The van der Waals surface area contributed by atoms with Crippen LogP contribution < -0.4 is 15.0 Å². The van der Waals surface area contributed by atoms with Gasteiger partial charge in [-0.05, 0) is 58.7 Å². The van der Waals surface area contributed by atoms with E-state index in [0.29, 0.717) is 24.5 Å². The number of nitrogens with one attached hydrogen (secondary N) is 1. The van der Waals surface area contributed by atoms with Crippen molar-refractivity contribution in [3.8, 4) is 22.9 Å². The summed E-state index contributed by atoms with van der Waals surface area (Å²) in [7, 11) is 0. The minimum atomic E-state index is -0.394. The smallest absolute Gasteiger partial charge is 0.407 e. The van der Waals surface area contributed by atoms with Gasteiger partial charge in [-0.3, -0.25) is 0 Å². The third-order valence-corrected chi connectivity index (χ3v) is 5.53. The molecule has 0 aliphatic carbocycles. The van der Waals surface area contributed by atoms with Gasteiger partial charge in [0, 0.05) is 29.4 Å². The first-order valence-corrected chi connectivity index (χ1v) is 11.5. The van der Waals surface area contributed by atoms with Gasteiger partial charge in [0.05, 0.1) is 36.6 Å². The lowest BCUT2D eigenvalue weighted by atomic mass is 10.0. The number of hydrogen-bond acceptors (Lipinski definition) is 7. The Labute approximate surface area is 199 Å². The number of fused-ring (bicyclic) bond motifs is 1. The molecule has 0 aromatic carbocycles. The maximum atomic E-state index is 12.2. The van der Waals surface area contributed by atoms with E-state index in [1.807, 2.05) is 45.9 Å². The molecule has 0 spiro atoms. The molecule has 3 aromatic heterocycles. The van der Waals surface area contributed by atoms with Crippen LogP contribution in [0.15, 0.2) is 36.8 Å². The van der Waals surface area contributed by atoms with Crippen LogP contribution in [-0.4, -0.2) is 52.0 Å². The Morgan fingerprint density at radius 1 is 1.32 bits per heavy atom. The van der Waals surface area contributed by atoms with Crippen molar-refractivity contribution in [3.63, 3.8) is 0 Å². The number of carbonyl (C=O) groups is 1. The number of piperidine rings is 1. The van der Waals surface area contributed by atoms with Gasteiger partial charge in [0.15, 0.2) is 0 Å². The van der Waals surface area contributed by atoms with E-state index in [2.05, 4.69) is 21.4 Å². The third kappa shape index (κ3) is 5.22. The standard InChI is InChI=1S/C25H30N6O3/c1-5-33-20-11-21(23-18(12-26)14-28-31(23)16-20)17-8-9-22(27-13-17)30-10-6-7-19(15-30)34-24(32)29-25(2,3)4/h8-9,11,13-14,16,19H,5-7,10,15H2,1-4H3,(H,29,32)/t19-/m1/s1. The monoisotopic (exact) mass is 462 g/mol. The number of rotatable bonds is 5. The molecular weight excluding hydrogens is 432 g/mol. The molecule has 1 N–H and O–H groups in total. The summed E-state index contributed by atoms with van der Waals surface area (Å²) in [4.78, 5) is 19.0. The molecule has 3 aromatic rings. The van der Waals surface area contributed by atoms with Crippen molar-refractivity contribution in [2.45, 2.75) is 52.2 Å². The van der Waals surface area contributed by atoms with Gasteiger partial charge in [-0.1, -0.05) is 0 Å². The highest BCUT2D eigenvalue weighted by atomic mass is 16.6. The van der Waals surface area contributed by atoms with Gasteiger partial charge >= 0.3 is 6.09 Å². The summed E-state index contributed by atoms with van der Waals surface area (Å²) in [5.74, 6) is 1.49. The zero-order chi connectivity index (χ0) is 24.3. The van der Waals surface area contributed by atoms with E-state index in [1.165, 1.54) is 0 Å². The number of nitriles is 1. The van der Waals surface area contributed by atoms with E-state index in [-0.39, 0.29) is 11.6 Å². The van der Waals surface area contributed by atoms with Gasteiger partial charge in [0.25, 0.3) is 0 Å². The van der Waals surface area contributed by atoms with Gasteiger partial charge in [-0.2, -0.15) is 10.4 Å². The van der Waals surface area contributed by atoms with E-state index in [1.54, 1.807) is 23.1 Å². The number of anilines is 1. The van der Waals surface area contributed by atoms with Crippen molar-refractivity contribution in [2.75, 3.05) is 24.6 Å². The lowest BCUT2D eigenvalue weighted by molar-refractivity contribution is 0.0825. The second-order valence-corrected chi connectivity index (χ2v) is 9.38. The van der Waals surface area contributed by atoms with Gasteiger partial charge in [-0.25, -0.2) is 14.3 Å². The lowest BCUT2D eigenvalue weighted by Crippen LogP contribution is -2.46. The Kier molecular flexibility index (Phi) is 6.59. The summed E-state index contributed by atoms with van der Waals surface area (Å²) < 4.78 is 13.0. The summed E-state index contributed by atoms with van der Waals surface area (Å²) >= 11 is 0. The summed E-state index contributed by atoms with van der Waals surface area (Å²) in [5, 5.41) is 16.7. The predicted octanol–water partition coefficient (Wildman–Crippen LogP) is 4.16. The van der Waals surface area contributed by atoms with Gasteiger partial charge in [0.2, 0.25) is 0 Å². The van der Waals surface area contributed by atoms with Gasteiger partial charge < -0.3 is 19.7 Å². The molecule has 1 saturated heterocycles. The molecule has 1 fully saturated rings. The number of hydrogen-bond donors (Lipinski definition) is 1. The Balaban J connectivity index is 1.54. The number of alkyl carbamates (subject to hydrolysis) is 1. The molecule has 9 nitrogen and oxygen atoms in total. The molecular formula is C25H30N6O3. The maximum Gasteiger partial charge on any atom is 0.407 e. The second kappa shape index (κ2) is 9.59. The Morgan fingerprint density at radius 2 is 2.15 bits per heavy atom. The van der Waals surface area contributed by atoms with Crippen molar-refractivity contribution in [3.05, 3.63) is 42.4 Å². The molecule has 1 aliphatic rings. The van der Waals surface area contributed by atoms with Crippen LogP contribution in [0.2, 0.25) is 0 Å². The molecule has 1 amide bonds. The first kappa shape index (κ1) is 23.4. The maximum absolute atomic E-state index is 12.2. The highest BCUT2D eigenvalue weighted by molar-refractivity contribution is 5.85. The molecule has 1 atom stereocenters. The average Bonchev–Trinajstić information content (AvgIpc) is 3.21. The van der Waals surface area contributed by atoms with Crippen LogP contribution in [0.5, 0.6) is 5.75 Å². The fraction of sp³-hybridized carbons (Fsp3) is 0.440. The fourth-order valence-corrected chi connectivity index (χ4v) is 4.11. The Morgan fingerprint density at radius 3 is 2.82 bits per heavy atom. The van der Waals surface area contributed by atoms with E-state index < -0.39 is 6.09 Å². The van der Waals surface area contributed by atoms with Crippen LogP contribution in [0.3, 0.4) is 0 Å². The minimum Gasteiger partial charge on any atom is -0.492 e. The Hall–Kier alpha value is -3.80. The molecule has 0 bridgehead atoms. The van der Waals surface area contributed by atoms with Crippen LogP contribution >= 0.6 is 0 Å². The van der Waals surface area contributed by atoms with Crippen LogP contribution in [-0.2, 0) is 4.74 Å². The average molecular weight is 463 g/mol. The van der Waals surface area contributed by atoms with Crippen molar-refractivity contribution in [1.29, 1.82) is 5.26 Å². The third-order valence-electron chi connectivity index (χ3n) is 5.53. The van der Waals surface area contributed by atoms with E-state index in [9.17, 15) is 10.1 Å². The molecule has 1 aliphatic heterocycles. The van der Waals surface area contributed by atoms with Gasteiger partial charge in [-0.15, -0.1) is 0 Å². The molecule has 34 heavy (non-hydrogen) atoms. The highest BCUT2D eigenvalue weighted by Crippen LogP contribution is 2.31. The predicted molar refractivity (Wildman–Crippen MR) is 129 cm³/mol. The topological polar surface area (TPSA) is 105 Å². The van der Waals surface area contributed by atoms with Crippen molar-refractivity contribution in [1.82, 2.24) is 19.9 Å². The molecule has 0 unspecified atom stereocenters. The molecule has 0 saturated carbocycles. The largest absolute Gasteiger partial charge is 0.492 e. The molecule has 4 heterocycles. The minimum absolute atomic E-state index is 0.190. The quantitative estimate of drug-likeness (QED) is 0.607. The van der Waals surface area contributed by atoms with E-state index in [0.717, 1.165) is 41.8 Å². The van der Waals surface area contributed by atoms with Crippen LogP contribution in [0.4, 0.5) is 10.6 Å². The number of amides is 1. The Bertz CT molecular complexity index is 1210. The van der Waals surface area contributed by atoms with Gasteiger partial charge in [0.1, 0.15) is 23.7 Å². The first-order chi connectivity index (χ1) is 16.3. The zero-order valence-electron chi connectivity index (χ0n) is 20.0. The van der Waals surface area contributed by atoms with E-state index >= 15 is 0 Å². The molecule has 178 valence electrons. The van der Waals surface area contributed by atoms with Crippen molar-refractivity contribution < 1.29 is 14.3 Å². The number of pyridine rings is 2. The van der Waals surface area contributed by atoms with Crippen molar-refractivity contribution in [2.24, 2.45) is 0 Å². The normalized spacial score (nSPS) is 16.2. The SMILES string of the molecule is CCOc1cc(-c2ccc(N3CCC[C@@H](OC(=O)NC(C)(C)C)C3)nc2)c2c(C#N)cnn2c1. The lowest BCUT2D eigenvalue weighted by Gasteiger charge is -2.33. The number of carbonyl (C=O) groups excluding carboxylic acids is 1. The van der Waals surface area contributed by atoms with Crippen LogP contribution in [0.1, 0.15) is 46.1 Å². The summed E-state index contributed by atoms with van der Waals surface area (Å²) in [6, 6.07) is 8.07. The molecule has 9 heteroatoms. The summed E-state index contributed by atoms with van der Waals surface area (Å²) in [5.41, 5.74) is 2.57. The van der Waals surface area contributed by atoms with E-state index in [4.69, 9.17) is 14.5 Å². The number of aromatic nitrogens is 3. The van der Waals surface area contributed by atoms with Crippen LogP contribution in [0, 0.1) is 11.3 Å². The number of nitrogens with zero attached hydrogens (tertiary/aromatic N) is 5. The summed E-state index contributed by atoms with van der Waals surface area (Å²) in [6.45, 7) is 9.66. The number of ether oxygens (including phenoxy) is 2. The first-order valence-electron chi connectivity index (χ1n) is 11.5. The second-order valence-electron chi connectivity index (χ2n) is 9.38. The highest BCUT2D eigenvalue weighted by Gasteiger charge is 2.25. The van der Waals surface area contributed by atoms with Crippen LogP contribution in [0.25, 0.3) is 16.6 Å².